The summed E-state index contributed by atoms with van der Waals surface area (Å²) in [6.45, 7) is 5.80. The largest absolute Gasteiger partial charge is 0.316 e. The van der Waals surface area contributed by atoms with Crippen LogP contribution < -0.4 is 10.5 Å². The van der Waals surface area contributed by atoms with Crippen molar-refractivity contribution < 1.29 is 8.60 Å². The summed E-state index contributed by atoms with van der Waals surface area (Å²) in [7, 11) is 0. The molecule has 1 atom stereocenters. The third kappa shape index (κ3) is 2.80. The first-order valence-electron chi connectivity index (χ1n) is 5.86. The standard InChI is InChI=1S/C8H16FN3OS.C2H6/c9-1-2-12(14(10)13)7-3-8(4-7)5-11-6-8;1-2/h7,11H,1-6,10H2;1-2H3. The summed E-state index contributed by atoms with van der Waals surface area (Å²) in [6, 6.07) is 0.221. The summed E-state index contributed by atoms with van der Waals surface area (Å²) in [6.07, 6.45) is 2.01. The minimum absolute atomic E-state index is 0.192. The quantitative estimate of drug-likeness (QED) is 0.767. The summed E-state index contributed by atoms with van der Waals surface area (Å²) < 4.78 is 24.9. The van der Waals surface area contributed by atoms with Crippen molar-refractivity contribution in [2.75, 3.05) is 26.3 Å². The van der Waals surface area contributed by atoms with E-state index in [-0.39, 0.29) is 12.6 Å². The molecule has 0 aromatic heterocycles. The molecule has 1 aliphatic carbocycles. The molecule has 1 heterocycles. The smallest absolute Gasteiger partial charge is 0.167 e. The number of nitrogens with zero attached hydrogens (tertiary/aromatic N) is 1. The minimum Gasteiger partial charge on any atom is -0.316 e. The van der Waals surface area contributed by atoms with Gasteiger partial charge in [0.15, 0.2) is 11.2 Å². The van der Waals surface area contributed by atoms with Gasteiger partial charge in [0.25, 0.3) is 0 Å². The first-order chi connectivity index (χ1) is 7.67. The maximum Gasteiger partial charge on any atom is 0.167 e. The summed E-state index contributed by atoms with van der Waals surface area (Å²) in [5.41, 5.74) is 0.415. The predicted molar refractivity (Wildman–Crippen MR) is 64.7 cm³/mol. The van der Waals surface area contributed by atoms with E-state index in [1.54, 1.807) is 4.31 Å². The number of alkyl halides is 1. The predicted octanol–water partition coefficient (Wildman–Crippen LogP) is 0.574. The fourth-order valence-electron chi connectivity index (χ4n) is 2.41. The summed E-state index contributed by atoms with van der Waals surface area (Å²) in [5, 5.41) is 8.52. The molecule has 0 aromatic rings. The second kappa shape index (κ2) is 6.05. The highest BCUT2D eigenvalue weighted by Gasteiger charge is 2.50. The summed E-state index contributed by atoms with van der Waals surface area (Å²) in [4.78, 5) is 0. The van der Waals surface area contributed by atoms with Gasteiger partial charge in [0.1, 0.15) is 6.67 Å². The lowest BCUT2D eigenvalue weighted by atomic mass is 9.61. The first kappa shape index (κ1) is 14.0. The van der Waals surface area contributed by atoms with Gasteiger partial charge in [-0.1, -0.05) is 13.8 Å². The lowest BCUT2D eigenvalue weighted by Crippen LogP contribution is -2.65. The van der Waals surface area contributed by atoms with Gasteiger partial charge in [-0.15, -0.1) is 0 Å². The van der Waals surface area contributed by atoms with Crippen molar-refractivity contribution in [3.63, 3.8) is 0 Å². The van der Waals surface area contributed by atoms with Gasteiger partial charge in [-0.2, -0.15) is 0 Å². The van der Waals surface area contributed by atoms with Crippen LogP contribution in [-0.4, -0.2) is 40.9 Å². The van der Waals surface area contributed by atoms with Crippen molar-refractivity contribution >= 4 is 11.2 Å². The number of nitrogens with two attached hydrogens (primary N) is 1. The monoisotopic (exact) mass is 251 g/mol. The van der Waals surface area contributed by atoms with Crippen LogP contribution in [0, 0.1) is 5.41 Å². The number of halogens is 1. The van der Waals surface area contributed by atoms with Crippen molar-refractivity contribution in [2.45, 2.75) is 32.7 Å². The van der Waals surface area contributed by atoms with E-state index in [9.17, 15) is 8.60 Å². The van der Waals surface area contributed by atoms with Crippen LogP contribution in [0.5, 0.6) is 0 Å². The molecule has 1 saturated carbocycles. The van der Waals surface area contributed by atoms with Crippen LogP contribution in [0.2, 0.25) is 0 Å². The molecule has 1 saturated heterocycles. The molecule has 3 N–H and O–H groups in total. The average Bonchev–Trinajstić information content (AvgIpc) is 2.15. The Bertz CT molecular complexity index is 240. The van der Waals surface area contributed by atoms with E-state index in [4.69, 9.17) is 5.14 Å². The molecule has 16 heavy (non-hydrogen) atoms. The zero-order valence-corrected chi connectivity index (χ0v) is 10.9. The van der Waals surface area contributed by atoms with Crippen LogP contribution in [0.1, 0.15) is 26.7 Å². The van der Waals surface area contributed by atoms with Crippen LogP contribution in [0.3, 0.4) is 0 Å². The molecule has 0 radical (unpaired) electrons. The topological polar surface area (TPSA) is 58.4 Å². The Morgan fingerprint density at radius 2 is 2.06 bits per heavy atom. The Balaban J connectivity index is 0.000000606. The van der Waals surface area contributed by atoms with Gasteiger partial charge < -0.3 is 5.32 Å². The third-order valence-corrected chi connectivity index (χ3v) is 4.22. The summed E-state index contributed by atoms with van der Waals surface area (Å²) in [5.74, 6) is 0. The number of rotatable bonds is 4. The van der Waals surface area contributed by atoms with E-state index in [1.165, 1.54) is 0 Å². The van der Waals surface area contributed by atoms with Gasteiger partial charge >= 0.3 is 0 Å². The Morgan fingerprint density at radius 1 is 1.50 bits per heavy atom. The van der Waals surface area contributed by atoms with Crippen molar-refractivity contribution in [3.05, 3.63) is 0 Å². The Morgan fingerprint density at radius 3 is 2.38 bits per heavy atom. The highest BCUT2D eigenvalue weighted by Crippen LogP contribution is 2.46. The molecule has 6 heteroatoms. The Labute approximate surface area is 99.5 Å². The molecular weight excluding hydrogens is 229 g/mol. The van der Waals surface area contributed by atoms with Crippen molar-refractivity contribution in [3.8, 4) is 0 Å². The lowest BCUT2D eigenvalue weighted by Gasteiger charge is -2.56. The van der Waals surface area contributed by atoms with Gasteiger partial charge in [-0.05, 0) is 18.3 Å². The number of hydrogen-bond donors (Lipinski definition) is 2. The van der Waals surface area contributed by atoms with Crippen LogP contribution in [-0.2, 0) is 11.2 Å². The molecule has 1 unspecified atom stereocenters. The number of hydrogen-bond acceptors (Lipinski definition) is 2. The summed E-state index contributed by atoms with van der Waals surface area (Å²) >= 11 is -1.52. The number of nitrogens with one attached hydrogen (secondary N) is 1. The SMILES string of the molecule is CC.NS(=O)N(CCF)C1CC2(CNC2)C1. The Kier molecular flexibility index (Phi) is 5.30. The van der Waals surface area contributed by atoms with Gasteiger partial charge in [-0.25, -0.2) is 18.0 Å². The van der Waals surface area contributed by atoms with E-state index >= 15 is 0 Å². The van der Waals surface area contributed by atoms with E-state index in [0.29, 0.717) is 5.41 Å². The van der Waals surface area contributed by atoms with Crippen LogP contribution in [0.4, 0.5) is 4.39 Å². The molecule has 0 bridgehead atoms. The maximum absolute atomic E-state index is 12.2. The molecule has 2 fully saturated rings. The second-order valence-electron chi connectivity index (χ2n) is 4.27. The van der Waals surface area contributed by atoms with Crippen LogP contribution >= 0.6 is 0 Å². The molecular formula is C10H22FN3OS. The maximum atomic E-state index is 12.2. The van der Waals surface area contributed by atoms with Crippen LogP contribution in [0.15, 0.2) is 0 Å². The fraction of sp³-hybridized carbons (Fsp3) is 1.00. The minimum atomic E-state index is -1.52. The van der Waals surface area contributed by atoms with Gasteiger partial charge in [-0.3, -0.25) is 0 Å². The van der Waals surface area contributed by atoms with E-state index < -0.39 is 17.8 Å². The molecule has 2 rings (SSSR count). The normalized spacial score (nSPS) is 24.3. The molecule has 1 spiro atoms. The first-order valence-corrected chi connectivity index (χ1v) is 7.03. The van der Waals surface area contributed by atoms with E-state index in [2.05, 4.69) is 5.32 Å². The Hall–Kier alpha value is -0.0400. The van der Waals surface area contributed by atoms with Gasteiger partial charge in [0.05, 0.1) is 0 Å². The van der Waals surface area contributed by atoms with E-state index in [1.807, 2.05) is 13.8 Å². The highest BCUT2D eigenvalue weighted by molar-refractivity contribution is 7.80. The lowest BCUT2D eigenvalue weighted by molar-refractivity contribution is -0.00613. The molecule has 0 aromatic carbocycles. The highest BCUT2D eigenvalue weighted by atomic mass is 32.2. The van der Waals surface area contributed by atoms with Gasteiger partial charge in [0, 0.05) is 25.7 Å². The fourth-order valence-corrected chi connectivity index (χ4v) is 3.11. The molecule has 0 amide bonds. The zero-order chi connectivity index (χ0) is 12.2. The zero-order valence-electron chi connectivity index (χ0n) is 10.0. The van der Waals surface area contributed by atoms with Crippen molar-refractivity contribution in [2.24, 2.45) is 10.6 Å². The third-order valence-electron chi connectivity index (χ3n) is 3.28. The molecule has 4 nitrogen and oxygen atoms in total. The van der Waals surface area contributed by atoms with Crippen molar-refractivity contribution in [1.29, 1.82) is 0 Å². The van der Waals surface area contributed by atoms with Gasteiger partial charge in [0.2, 0.25) is 0 Å². The molecule has 96 valence electrons. The average molecular weight is 251 g/mol. The van der Waals surface area contributed by atoms with Crippen LogP contribution in [0.25, 0.3) is 0 Å². The second-order valence-corrected chi connectivity index (χ2v) is 5.29. The van der Waals surface area contributed by atoms with E-state index in [0.717, 1.165) is 25.9 Å². The molecule has 2 aliphatic rings. The molecule has 1 aliphatic heterocycles. The van der Waals surface area contributed by atoms with Crippen molar-refractivity contribution in [1.82, 2.24) is 9.62 Å².